The van der Waals surface area contributed by atoms with Crippen molar-refractivity contribution < 1.29 is 4.42 Å². The molecule has 0 saturated carbocycles. The summed E-state index contributed by atoms with van der Waals surface area (Å²) >= 11 is 0. The van der Waals surface area contributed by atoms with Gasteiger partial charge in [0.15, 0.2) is 0 Å². The molecule has 70 valence electrons. The van der Waals surface area contributed by atoms with Gasteiger partial charge in [0.2, 0.25) is 0 Å². The summed E-state index contributed by atoms with van der Waals surface area (Å²) in [5.41, 5.74) is 4.02. The lowest BCUT2D eigenvalue weighted by Gasteiger charge is -2.19. The van der Waals surface area contributed by atoms with Gasteiger partial charge in [-0.2, -0.15) is 0 Å². The van der Waals surface area contributed by atoms with E-state index in [-0.39, 0.29) is 5.41 Å². The van der Waals surface area contributed by atoms with Gasteiger partial charge in [-0.05, 0) is 11.6 Å². The number of hydrogen-bond donors (Lipinski definition) is 0. The van der Waals surface area contributed by atoms with Crippen molar-refractivity contribution in [2.75, 3.05) is 0 Å². The summed E-state index contributed by atoms with van der Waals surface area (Å²) in [7, 11) is 0. The highest BCUT2D eigenvalue weighted by Gasteiger charge is 2.37. The summed E-state index contributed by atoms with van der Waals surface area (Å²) in [4.78, 5) is 0. The van der Waals surface area contributed by atoms with Gasteiger partial charge >= 0.3 is 0 Å². The zero-order valence-electron chi connectivity index (χ0n) is 8.37. The predicted molar refractivity (Wildman–Crippen MR) is 56.3 cm³/mol. The zero-order valence-corrected chi connectivity index (χ0v) is 8.37. The minimum Gasteiger partial charge on any atom is -0.464 e. The van der Waals surface area contributed by atoms with E-state index >= 15 is 0 Å². The van der Waals surface area contributed by atoms with Crippen LogP contribution in [0.15, 0.2) is 41.0 Å². The van der Waals surface area contributed by atoms with Crippen molar-refractivity contribution in [1.29, 1.82) is 0 Å². The van der Waals surface area contributed by atoms with Crippen LogP contribution in [0.2, 0.25) is 0 Å². The largest absolute Gasteiger partial charge is 0.464 e. The minimum absolute atomic E-state index is 0.0962. The highest BCUT2D eigenvalue weighted by Crippen LogP contribution is 2.48. The highest BCUT2D eigenvalue weighted by atomic mass is 16.3. The van der Waals surface area contributed by atoms with Gasteiger partial charge in [0.1, 0.15) is 5.76 Å². The molecule has 1 nitrogen and oxygen atoms in total. The van der Waals surface area contributed by atoms with E-state index in [2.05, 4.69) is 44.2 Å². The van der Waals surface area contributed by atoms with Crippen molar-refractivity contribution in [2.45, 2.75) is 19.3 Å². The summed E-state index contributed by atoms with van der Waals surface area (Å²) in [5.74, 6) is 1.05. The van der Waals surface area contributed by atoms with Crippen LogP contribution in [0.1, 0.15) is 25.0 Å². The third-order valence-electron chi connectivity index (χ3n) is 3.18. The van der Waals surface area contributed by atoms with Gasteiger partial charge in [0.05, 0.1) is 6.26 Å². The number of hydrogen-bond acceptors (Lipinski definition) is 1. The first-order valence-corrected chi connectivity index (χ1v) is 4.89. The fourth-order valence-electron chi connectivity index (χ4n) is 2.38. The minimum atomic E-state index is 0.0962. The van der Waals surface area contributed by atoms with E-state index in [4.69, 9.17) is 4.42 Å². The molecule has 0 bridgehead atoms. The maximum atomic E-state index is 5.54. The number of rotatable bonds is 0. The highest BCUT2D eigenvalue weighted by molar-refractivity contribution is 5.76. The first-order chi connectivity index (χ1) is 6.71. The van der Waals surface area contributed by atoms with Crippen LogP contribution in [0.3, 0.4) is 0 Å². The molecule has 1 heteroatoms. The fourth-order valence-corrected chi connectivity index (χ4v) is 2.38. The molecular formula is C13H12O. The van der Waals surface area contributed by atoms with Gasteiger partial charge < -0.3 is 4.42 Å². The van der Waals surface area contributed by atoms with E-state index in [1.165, 1.54) is 16.7 Å². The second-order valence-electron chi connectivity index (χ2n) is 4.33. The average molecular weight is 184 g/mol. The molecule has 0 saturated heterocycles. The molecule has 0 radical (unpaired) electrons. The van der Waals surface area contributed by atoms with Crippen molar-refractivity contribution in [2.24, 2.45) is 0 Å². The number of furan rings is 1. The summed E-state index contributed by atoms with van der Waals surface area (Å²) < 4.78 is 5.54. The van der Waals surface area contributed by atoms with Crippen molar-refractivity contribution in [3.63, 3.8) is 0 Å². The van der Waals surface area contributed by atoms with E-state index in [1.54, 1.807) is 6.26 Å². The summed E-state index contributed by atoms with van der Waals surface area (Å²) in [6.45, 7) is 4.49. The van der Waals surface area contributed by atoms with Crippen molar-refractivity contribution in [3.05, 3.63) is 47.7 Å². The Morgan fingerprint density at radius 2 is 1.79 bits per heavy atom. The molecule has 1 aliphatic carbocycles. The van der Waals surface area contributed by atoms with Crippen LogP contribution in [-0.2, 0) is 5.41 Å². The molecule has 1 heterocycles. The molecule has 1 aromatic carbocycles. The summed E-state index contributed by atoms with van der Waals surface area (Å²) in [6.07, 6.45) is 1.78. The van der Waals surface area contributed by atoms with Crippen molar-refractivity contribution in [3.8, 4) is 11.3 Å². The van der Waals surface area contributed by atoms with Crippen LogP contribution < -0.4 is 0 Å². The molecule has 0 atom stereocenters. The van der Waals surface area contributed by atoms with Crippen molar-refractivity contribution in [1.82, 2.24) is 0 Å². The van der Waals surface area contributed by atoms with E-state index < -0.39 is 0 Å². The standard InChI is InChI=1S/C13H12O/c1-13(2)10-6-4-3-5-9(10)12-11(13)7-8-14-12/h3-8H,1-2H3. The van der Waals surface area contributed by atoms with Gasteiger partial charge in [-0.15, -0.1) is 0 Å². The van der Waals surface area contributed by atoms with Gasteiger partial charge in [0, 0.05) is 16.5 Å². The van der Waals surface area contributed by atoms with E-state index in [0.717, 1.165) is 5.76 Å². The number of benzene rings is 1. The molecule has 0 aliphatic heterocycles. The van der Waals surface area contributed by atoms with E-state index in [0.29, 0.717) is 0 Å². The Morgan fingerprint density at radius 3 is 2.64 bits per heavy atom. The molecule has 0 spiro atoms. The topological polar surface area (TPSA) is 13.1 Å². The quantitative estimate of drug-likeness (QED) is 0.609. The molecule has 0 fully saturated rings. The van der Waals surface area contributed by atoms with E-state index in [1.807, 2.05) is 0 Å². The third-order valence-corrected chi connectivity index (χ3v) is 3.18. The lowest BCUT2D eigenvalue weighted by Crippen LogP contribution is -2.14. The van der Waals surface area contributed by atoms with Gasteiger partial charge in [-0.1, -0.05) is 38.1 Å². The smallest absolute Gasteiger partial charge is 0.138 e. The fraction of sp³-hybridized carbons (Fsp3) is 0.231. The SMILES string of the molecule is CC1(C)c2ccccc2-c2occc21. The van der Waals surface area contributed by atoms with Gasteiger partial charge in [-0.25, -0.2) is 0 Å². The zero-order chi connectivity index (χ0) is 9.76. The van der Waals surface area contributed by atoms with Crippen LogP contribution in [0.4, 0.5) is 0 Å². The molecule has 0 N–H and O–H groups in total. The van der Waals surface area contributed by atoms with Crippen molar-refractivity contribution >= 4 is 0 Å². The lowest BCUT2D eigenvalue weighted by molar-refractivity contribution is 0.579. The first-order valence-electron chi connectivity index (χ1n) is 4.89. The van der Waals surface area contributed by atoms with Crippen LogP contribution in [0.5, 0.6) is 0 Å². The monoisotopic (exact) mass is 184 g/mol. The molecule has 14 heavy (non-hydrogen) atoms. The normalized spacial score (nSPS) is 16.4. The molecule has 2 aromatic rings. The molecule has 1 aliphatic rings. The molecular weight excluding hydrogens is 172 g/mol. The average Bonchev–Trinajstić information content (AvgIpc) is 2.72. The van der Waals surface area contributed by atoms with Crippen LogP contribution in [0, 0.1) is 0 Å². The lowest BCUT2D eigenvalue weighted by atomic mass is 9.83. The Kier molecular flexibility index (Phi) is 1.29. The third kappa shape index (κ3) is 0.752. The maximum Gasteiger partial charge on any atom is 0.138 e. The Labute approximate surface area is 83.4 Å². The second kappa shape index (κ2) is 2.30. The first kappa shape index (κ1) is 7.86. The Hall–Kier alpha value is -1.50. The summed E-state index contributed by atoms with van der Waals surface area (Å²) in [5, 5.41) is 0. The van der Waals surface area contributed by atoms with Gasteiger partial charge in [0.25, 0.3) is 0 Å². The van der Waals surface area contributed by atoms with Crippen LogP contribution in [0.25, 0.3) is 11.3 Å². The number of fused-ring (bicyclic) bond motifs is 3. The van der Waals surface area contributed by atoms with Crippen LogP contribution >= 0.6 is 0 Å². The van der Waals surface area contributed by atoms with E-state index in [9.17, 15) is 0 Å². The molecule has 0 amide bonds. The van der Waals surface area contributed by atoms with Crippen LogP contribution in [-0.4, -0.2) is 0 Å². The maximum absolute atomic E-state index is 5.54. The Morgan fingerprint density at radius 1 is 1.00 bits per heavy atom. The Balaban J connectivity index is 2.42. The molecule has 1 aromatic heterocycles. The molecule has 0 unspecified atom stereocenters. The Bertz CT molecular complexity index is 491. The predicted octanol–water partition coefficient (Wildman–Crippen LogP) is 3.59. The molecule has 3 rings (SSSR count). The summed E-state index contributed by atoms with van der Waals surface area (Å²) in [6, 6.07) is 10.5. The van der Waals surface area contributed by atoms with Gasteiger partial charge in [-0.3, -0.25) is 0 Å². The second-order valence-corrected chi connectivity index (χ2v) is 4.33.